The van der Waals surface area contributed by atoms with Gasteiger partial charge in [-0.05, 0) is 19.8 Å². The van der Waals surface area contributed by atoms with E-state index >= 15 is 0 Å². The van der Waals surface area contributed by atoms with E-state index in [4.69, 9.17) is 5.14 Å². The monoisotopic (exact) mass is 409 g/mol. The Hall–Kier alpha value is -1.12. The zero-order valence-electron chi connectivity index (χ0n) is 13.6. The number of aliphatic imine (C=N–C) groups is 1. The lowest BCUT2D eigenvalue weighted by Gasteiger charge is -2.32. The van der Waals surface area contributed by atoms with E-state index in [9.17, 15) is 30.0 Å². The van der Waals surface area contributed by atoms with Gasteiger partial charge in [-0.3, -0.25) is 4.99 Å². The molecule has 1 heterocycles. The SMILES string of the molecule is CCNC(=NCCS(N)(=O)=O)NC1CCN(S(=O)(=O)C(F)(F)F)CC1. The number of piperidine rings is 1. The minimum Gasteiger partial charge on any atom is -0.357 e. The number of nitrogens with zero attached hydrogens (tertiary/aromatic N) is 2. The van der Waals surface area contributed by atoms with Gasteiger partial charge in [0.25, 0.3) is 0 Å². The number of hydrogen-bond acceptors (Lipinski definition) is 5. The number of halogens is 3. The van der Waals surface area contributed by atoms with Crippen LogP contribution < -0.4 is 15.8 Å². The maximum Gasteiger partial charge on any atom is 0.511 e. The number of nitrogens with one attached hydrogen (secondary N) is 2. The van der Waals surface area contributed by atoms with Gasteiger partial charge in [0.05, 0.1) is 12.3 Å². The Kier molecular flexibility index (Phi) is 7.46. The fourth-order valence-corrected chi connectivity index (χ4v) is 3.52. The largest absolute Gasteiger partial charge is 0.511 e. The van der Waals surface area contributed by atoms with Gasteiger partial charge in [0.1, 0.15) is 0 Å². The Bertz CT molecular complexity index is 670. The predicted molar refractivity (Wildman–Crippen MR) is 86.7 cm³/mol. The van der Waals surface area contributed by atoms with Crippen molar-refractivity contribution in [2.24, 2.45) is 10.1 Å². The predicted octanol–water partition coefficient (Wildman–Crippen LogP) is -0.856. The average molecular weight is 409 g/mol. The van der Waals surface area contributed by atoms with Crippen molar-refractivity contribution in [3.05, 3.63) is 0 Å². The Morgan fingerprint density at radius 3 is 2.24 bits per heavy atom. The Balaban J connectivity index is 2.62. The maximum absolute atomic E-state index is 12.5. The third-order valence-electron chi connectivity index (χ3n) is 3.42. The minimum atomic E-state index is -5.31. The lowest BCUT2D eigenvalue weighted by atomic mass is 10.1. The van der Waals surface area contributed by atoms with Crippen LogP contribution >= 0.6 is 0 Å². The van der Waals surface area contributed by atoms with Gasteiger partial charge in [-0.2, -0.15) is 17.5 Å². The second-order valence-corrected chi connectivity index (χ2v) is 9.06. The highest BCUT2D eigenvalue weighted by Gasteiger charge is 2.50. The van der Waals surface area contributed by atoms with Gasteiger partial charge in [0, 0.05) is 25.7 Å². The molecule has 148 valence electrons. The molecule has 0 amide bonds. The fourth-order valence-electron chi connectivity index (χ4n) is 2.18. The molecule has 0 saturated carbocycles. The van der Waals surface area contributed by atoms with Gasteiger partial charge in [0.15, 0.2) is 5.96 Å². The van der Waals surface area contributed by atoms with Crippen molar-refractivity contribution in [3.63, 3.8) is 0 Å². The number of primary sulfonamides is 1. The molecule has 0 spiro atoms. The molecule has 9 nitrogen and oxygen atoms in total. The lowest BCUT2D eigenvalue weighted by Crippen LogP contribution is -2.51. The normalized spacial score (nSPS) is 19.0. The van der Waals surface area contributed by atoms with E-state index < -0.39 is 25.6 Å². The van der Waals surface area contributed by atoms with Crippen LogP contribution in [0.4, 0.5) is 13.2 Å². The van der Waals surface area contributed by atoms with Gasteiger partial charge >= 0.3 is 15.5 Å². The zero-order valence-corrected chi connectivity index (χ0v) is 15.2. The van der Waals surface area contributed by atoms with Crippen LogP contribution in [0.3, 0.4) is 0 Å². The van der Waals surface area contributed by atoms with Crippen molar-refractivity contribution in [1.29, 1.82) is 0 Å². The first kappa shape index (κ1) is 21.9. The van der Waals surface area contributed by atoms with E-state index in [1.165, 1.54) is 0 Å². The molecule has 0 bridgehead atoms. The highest BCUT2D eigenvalue weighted by Crippen LogP contribution is 2.28. The van der Waals surface area contributed by atoms with Gasteiger partial charge in [0.2, 0.25) is 10.0 Å². The van der Waals surface area contributed by atoms with E-state index in [1.807, 2.05) is 0 Å². The highest BCUT2D eigenvalue weighted by atomic mass is 32.2. The van der Waals surface area contributed by atoms with Gasteiger partial charge in [-0.25, -0.2) is 22.0 Å². The van der Waals surface area contributed by atoms with Gasteiger partial charge < -0.3 is 10.6 Å². The standard InChI is InChI=1S/C11H22F3N5O4S2/c1-2-16-10(17-5-8-24(15,20)21)18-9-3-6-19(7-4-9)25(22,23)11(12,13)14/h9H,2-8H2,1H3,(H2,15,20,21)(H2,16,17,18). The van der Waals surface area contributed by atoms with Crippen molar-refractivity contribution in [2.75, 3.05) is 31.9 Å². The number of rotatable bonds is 6. The molecule has 1 aliphatic heterocycles. The molecule has 25 heavy (non-hydrogen) atoms. The maximum atomic E-state index is 12.5. The third kappa shape index (κ3) is 6.95. The molecule has 0 aromatic carbocycles. The quantitative estimate of drug-likeness (QED) is 0.386. The van der Waals surface area contributed by atoms with E-state index in [2.05, 4.69) is 15.6 Å². The molecular weight excluding hydrogens is 387 g/mol. The lowest BCUT2D eigenvalue weighted by molar-refractivity contribution is -0.0494. The number of sulfonamides is 2. The second-order valence-electron chi connectivity index (χ2n) is 5.40. The summed E-state index contributed by atoms with van der Waals surface area (Å²) in [6.45, 7) is 1.67. The van der Waals surface area contributed by atoms with Crippen molar-refractivity contribution in [3.8, 4) is 0 Å². The number of hydrogen-bond donors (Lipinski definition) is 3. The van der Waals surface area contributed by atoms with E-state index in [0.717, 1.165) is 0 Å². The van der Waals surface area contributed by atoms with Crippen LogP contribution in [0.25, 0.3) is 0 Å². The first-order valence-corrected chi connectivity index (χ1v) is 10.6. The molecule has 4 N–H and O–H groups in total. The van der Waals surface area contributed by atoms with Crippen LogP contribution in [0.5, 0.6) is 0 Å². The molecule has 0 radical (unpaired) electrons. The van der Waals surface area contributed by atoms with Gasteiger partial charge in [-0.15, -0.1) is 0 Å². The molecule has 14 heteroatoms. The molecule has 1 saturated heterocycles. The zero-order chi connectivity index (χ0) is 19.3. The Labute approximate surface area is 144 Å². The summed E-state index contributed by atoms with van der Waals surface area (Å²) < 4.78 is 82.5. The van der Waals surface area contributed by atoms with E-state index in [-0.39, 0.29) is 44.3 Å². The molecule has 0 aromatic rings. The van der Waals surface area contributed by atoms with Crippen molar-refractivity contribution in [1.82, 2.24) is 14.9 Å². The number of alkyl halides is 3. The van der Waals surface area contributed by atoms with Gasteiger partial charge in [-0.1, -0.05) is 0 Å². The highest BCUT2D eigenvalue weighted by molar-refractivity contribution is 7.90. The summed E-state index contributed by atoms with van der Waals surface area (Å²) in [6.07, 6.45) is 0.323. The average Bonchev–Trinajstić information content (AvgIpc) is 2.45. The summed E-state index contributed by atoms with van der Waals surface area (Å²) in [5, 5.41) is 10.7. The first-order chi connectivity index (χ1) is 11.4. The number of guanidine groups is 1. The van der Waals surface area contributed by atoms with Crippen molar-refractivity contribution in [2.45, 2.75) is 31.3 Å². The fraction of sp³-hybridized carbons (Fsp3) is 0.909. The summed E-state index contributed by atoms with van der Waals surface area (Å²) >= 11 is 0. The van der Waals surface area contributed by atoms with Crippen LogP contribution in [0.15, 0.2) is 4.99 Å². The first-order valence-electron chi connectivity index (χ1n) is 7.48. The molecule has 0 unspecified atom stereocenters. The van der Waals surface area contributed by atoms with Crippen LogP contribution in [-0.4, -0.2) is 70.6 Å². The molecule has 0 aromatic heterocycles. The van der Waals surface area contributed by atoms with E-state index in [0.29, 0.717) is 16.8 Å². The number of nitrogens with two attached hydrogens (primary N) is 1. The van der Waals surface area contributed by atoms with Crippen molar-refractivity contribution < 1.29 is 30.0 Å². The van der Waals surface area contributed by atoms with Crippen LogP contribution in [0.2, 0.25) is 0 Å². The molecule has 0 atom stereocenters. The molecule has 1 fully saturated rings. The summed E-state index contributed by atoms with van der Waals surface area (Å²) in [4.78, 5) is 4.02. The van der Waals surface area contributed by atoms with Crippen LogP contribution in [0, 0.1) is 0 Å². The Morgan fingerprint density at radius 2 is 1.80 bits per heavy atom. The molecule has 1 aliphatic rings. The molecular formula is C11H22F3N5O4S2. The third-order valence-corrected chi connectivity index (χ3v) is 5.80. The topological polar surface area (TPSA) is 134 Å². The summed E-state index contributed by atoms with van der Waals surface area (Å²) in [6, 6.07) is -0.285. The Morgan fingerprint density at radius 1 is 1.24 bits per heavy atom. The summed E-state index contributed by atoms with van der Waals surface area (Å²) in [7, 11) is -8.96. The van der Waals surface area contributed by atoms with Crippen LogP contribution in [-0.2, 0) is 20.0 Å². The smallest absolute Gasteiger partial charge is 0.357 e. The minimum absolute atomic E-state index is 0.0739. The van der Waals surface area contributed by atoms with E-state index in [1.54, 1.807) is 6.92 Å². The molecule has 0 aliphatic carbocycles. The second kappa shape index (κ2) is 8.51. The molecule has 1 rings (SSSR count). The van der Waals surface area contributed by atoms with Crippen molar-refractivity contribution >= 4 is 26.0 Å². The van der Waals surface area contributed by atoms with Crippen LogP contribution in [0.1, 0.15) is 19.8 Å². The summed E-state index contributed by atoms with van der Waals surface area (Å²) in [5.41, 5.74) is -5.31. The summed E-state index contributed by atoms with van der Waals surface area (Å²) in [5.74, 6) is -0.0467.